The predicted octanol–water partition coefficient (Wildman–Crippen LogP) is 5.70. The molecule has 0 aromatic carbocycles. The highest BCUT2D eigenvalue weighted by Gasteiger charge is 2.24. The van der Waals surface area contributed by atoms with Gasteiger partial charge < -0.3 is 0 Å². The van der Waals surface area contributed by atoms with E-state index in [2.05, 4.69) is 13.8 Å². The Labute approximate surface area is 121 Å². The maximum absolute atomic E-state index is 5.06. The van der Waals surface area contributed by atoms with E-state index in [0.717, 1.165) is 12.5 Å². The molecule has 1 saturated carbocycles. The lowest BCUT2D eigenvalue weighted by atomic mass is 9.92. The molecule has 0 amide bonds. The van der Waals surface area contributed by atoms with Crippen LogP contribution in [0.1, 0.15) is 97.3 Å². The van der Waals surface area contributed by atoms with E-state index in [1.165, 1.54) is 83.5 Å². The first kappa shape index (κ1) is 17.0. The molecule has 19 heavy (non-hydrogen) atoms. The van der Waals surface area contributed by atoms with Crippen LogP contribution >= 0.6 is 0 Å². The zero-order chi connectivity index (χ0) is 13.8. The first-order valence-corrected chi connectivity index (χ1v) is 9.05. The molecule has 0 spiro atoms. The van der Waals surface area contributed by atoms with E-state index < -0.39 is 0 Å². The molecule has 0 aromatic heterocycles. The zero-order valence-corrected chi connectivity index (χ0v) is 13.5. The molecule has 113 valence electrons. The van der Waals surface area contributed by atoms with Crippen LogP contribution in [0.15, 0.2) is 0 Å². The summed E-state index contributed by atoms with van der Waals surface area (Å²) < 4.78 is 0. The lowest BCUT2D eigenvalue weighted by Gasteiger charge is -2.23. The number of nitrogens with zero attached hydrogens (tertiary/aromatic N) is 1. The summed E-state index contributed by atoms with van der Waals surface area (Å²) in [6.07, 6.45) is 18.3. The summed E-state index contributed by atoms with van der Waals surface area (Å²) in [5.74, 6) is 0.938. The third-order valence-corrected chi connectivity index (χ3v) is 4.67. The van der Waals surface area contributed by atoms with Gasteiger partial charge in [-0.1, -0.05) is 71.6 Å². The molecule has 1 aliphatic rings. The van der Waals surface area contributed by atoms with Gasteiger partial charge in [-0.15, -0.1) is 0 Å². The summed E-state index contributed by atoms with van der Waals surface area (Å²) in [6.45, 7) is 5.70. The molecule has 1 heteroatoms. The smallest absolute Gasteiger partial charge is 0.0274 e. The monoisotopic (exact) mass is 266 g/mol. The summed E-state index contributed by atoms with van der Waals surface area (Å²) >= 11 is 0. The van der Waals surface area contributed by atoms with Crippen molar-refractivity contribution in [3.8, 4) is 0 Å². The van der Waals surface area contributed by atoms with Crippen LogP contribution in [-0.2, 0) is 0 Å². The van der Waals surface area contributed by atoms with E-state index in [9.17, 15) is 0 Å². The first-order valence-electron chi connectivity index (χ1n) is 9.05. The van der Waals surface area contributed by atoms with Crippen molar-refractivity contribution in [2.75, 3.05) is 6.54 Å². The lowest BCUT2D eigenvalue weighted by molar-refractivity contribution is 0.322. The van der Waals surface area contributed by atoms with Gasteiger partial charge in [0.1, 0.15) is 0 Å². The largest absolute Gasteiger partial charge is 0.238 e. The zero-order valence-electron chi connectivity index (χ0n) is 13.5. The molecule has 1 rings (SSSR count). The van der Waals surface area contributed by atoms with E-state index in [-0.39, 0.29) is 0 Å². The van der Waals surface area contributed by atoms with Gasteiger partial charge >= 0.3 is 0 Å². The van der Waals surface area contributed by atoms with Crippen molar-refractivity contribution in [3.63, 3.8) is 0 Å². The van der Waals surface area contributed by atoms with Crippen molar-refractivity contribution in [2.45, 2.75) is 103 Å². The third-order valence-electron chi connectivity index (χ3n) is 4.67. The molecule has 0 N–H and O–H groups in total. The Kier molecular flexibility index (Phi) is 10.5. The van der Waals surface area contributed by atoms with Gasteiger partial charge in [0.05, 0.1) is 0 Å². The normalized spacial score (nSPS) is 18.0. The van der Waals surface area contributed by atoms with Crippen LogP contribution in [0, 0.1) is 5.92 Å². The maximum atomic E-state index is 5.06. The molecular formula is C18H36N. The first-order chi connectivity index (χ1) is 9.38. The Bertz CT molecular complexity index is 184. The standard InChI is InChI=1S/C18H36N/c1-3-5-7-8-9-15-18(17-13-10-11-14-17)19-16-12-6-4-2/h17-18H,3-16H2,1-2H3. The van der Waals surface area contributed by atoms with Crippen LogP contribution in [-0.4, -0.2) is 12.6 Å². The van der Waals surface area contributed by atoms with E-state index in [1.54, 1.807) is 0 Å². The molecule has 0 bridgehead atoms. The summed E-state index contributed by atoms with van der Waals surface area (Å²) in [6, 6.07) is 0.709. The fourth-order valence-electron chi connectivity index (χ4n) is 3.39. The average molecular weight is 266 g/mol. The summed E-state index contributed by atoms with van der Waals surface area (Å²) in [5, 5.41) is 5.06. The fourth-order valence-corrected chi connectivity index (χ4v) is 3.39. The van der Waals surface area contributed by atoms with Gasteiger partial charge in [-0.3, -0.25) is 0 Å². The second-order valence-electron chi connectivity index (χ2n) is 6.43. The summed E-state index contributed by atoms with van der Waals surface area (Å²) in [4.78, 5) is 0. The van der Waals surface area contributed by atoms with Crippen LogP contribution in [0.5, 0.6) is 0 Å². The minimum absolute atomic E-state index is 0.709. The van der Waals surface area contributed by atoms with Crippen LogP contribution in [0.2, 0.25) is 0 Å². The predicted molar refractivity (Wildman–Crippen MR) is 85.6 cm³/mol. The Hall–Kier alpha value is -0.0400. The van der Waals surface area contributed by atoms with Crippen LogP contribution in [0.3, 0.4) is 0 Å². The second-order valence-corrected chi connectivity index (χ2v) is 6.43. The van der Waals surface area contributed by atoms with E-state index in [4.69, 9.17) is 5.32 Å². The van der Waals surface area contributed by atoms with Gasteiger partial charge in [-0.05, 0) is 31.6 Å². The van der Waals surface area contributed by atoms with Crippen molar-refractivity contribution in [1.82, 2.24) is 5.32 Å². The topological polar surface area (TPSA) is 14.1 Å². The van der Waals surface area contributed by atoms with E-state index in [0.29, 0.717) is 6.04 Å². The maximum Gasteiger partial charge on any atom is 0.0274 e. The molecule has 1 unspecified atom stereocenters. The lowest BCUT2D eigenvalue weighted by Crippen LogP contribution is -2.30. The quantitative estimate of drug-likeness (QED) is 0.402. The number of hydrogen-bond donors (Lipinski definition) is 0. The molecular weight excluding hydrogens is 230 g/mol. The molecule has 0 heterocycles. The minimum atomic E-state index is 0.709. The highest BCUT2D eigenvalue weighted by atomic mass is 14.9. The van der Waals surface area contributed by atoms with E-state index in [1.807, 2.05) is 0 Å². The van der Waals surface area contributed by atoms with Crippen molar-refractivity contribution >= 4 is 0 Å². The minimum Gasteiger partial charge on any atom is -0.238 e. The van der Waals surface area contributed by atoms with Crippen molar-refractivity contribution in [1.29, 1.82) is 0 Å². The Morgan fingerprint density at radius 1 is 0.842 bits per heavy atom. The molecule has 1 aliphatic carbocycles. The Morgan fingerprint density at radius 2 is 1.47 bits per heavy atom. The summed E-state index contributed by atoms with van der Waals surface area (Å²) in [5.41, 5.74) is 0. The Balaban J connectivity index is 2.16. The SMILES string of the molecule is CCCCCCCC([N]CCCCC)C1CCCC1. The van der Waals surface area contributed by atoms with E-state index >= 15 is 0 Å². The van der Waals surface area contributed by atoms with Gasteiger partial charge in [0, 0.05) is 12.6 Å². The van der Waals surface area contributed by atoms with Crippen molar-refractivity contribution in [3.05, 3.63) is 0 Å². The molecule has 0 aliphatic heterocycles. The highest BCUT2D eigenvalue weighted by Crippen LogP contribution is 2.30. The number of unbranched alkanes of at least 4 members (excludes halogenated alkanes) is 6. The molecule has 1 atom stereocenters. The highest BCUT2D eigenvalue weighted by molar-refractivity contribution is 4.80. The molecule has 1 fully saturated rings. The van der Waals surface area contributed by atoms with Crippen LogP contribution in [0.4, 0.5) is 0 Å². The number of rotatable bonds is 12. The van der Waals surface area contributed by atoms with Gasteiger partial charge in [-0.2, -0.15) is 0 Å². The third kappa shape index (κ3) is 7.97. The van der Waals surface area contributed by atoms with Gasteiger partial charge in [0.25, 0.3) is 0 Å². The second kappa shape index (κ2) is 11.8. The number of hydrogen-bond acceptors (Lipinski definition) is 0. The van der Waals surface area contributed by atoms with Crippen molar-refractivity contribution in [2.24, 2.45) is 5.92 Å². The molecule has 0 aromatic rings. The van der Waals surface area contributed by atoms with Gasteiger partial charge in [0.2, 0.25) is 0 Å². The van der Waals surface area contributed by atoms with Gasteiger partial charge in [-0.25, -0.2) is 5.32 Å². The molecule has 1 radical (unpaired) electrons. The summed E-state index contributed by atoms with van der Waals surface area (Å²) in [7, 11) is 0. The van der Waals surface area contributed by atoms with Crippen LogP contribution in [0.25, 0.3) is 0 Å². The van der Waals surface area contributed by atoms with Crippen LogP contribution < -0.4 is 5.32 Å². The average Bonchev–Trinajstić information content (AvgIpc) is 2.95. The Morgan fingerprint density at radius 3 is 2.16 bits per heavy atom. The fraction of sp³-hybridized carbons (Fsp3) is 1.00. The van der Waals surface area contributed by atoms with Crippen molar-refractivity contribution < 1.29 is 0 Å². The molecule has 1 nitrogen and oxygen atoms in total. The van der Waals surface area contributed by atoms with Gasteiger partial charge in [0.15, 0.2) is 0 Å². The molecule has 0 saturated heterocycles.